The van der Waals surface area contributed by atoms with Crippen LogP contribution in [0.1, 0.15) is 22.3 Å². The molecule has 0 aromatic heterocycles. The molecule has 0 saturated carbocycles. The van der Waals surface area contributed by atoms with Gasteiger partial charge in [0, 0.05) is 6.07 Å². The second-order valence-corrected chi connectivity index (χ2v) is 9.26. The molecule has 0 unspecified atom stereocenters. The number of phenolic OH excluding ortho intramolecular Hbond substituents is 1. The van der Waals surface area contributed by atoms with Crippen molar-refractivity contribution in [1.29, 1.82) is 0 Å². The second-order valence-electron chi connectivity index (χ2n) is 9.26. The van der Waals surface area contributed by atoms with Crippen molar-refractivity contribution in [2.45, 2.75) is 25.7 Å². The summed E-state index contributed by atoms with van der Waals surface area (Å²) in [6, 6.07) is 23.3. The van der Waals surface area contributed by atoms with Crippen LogP contribution in [0.15, 0.2) is 72.8 Å². The number of aryl methyl sites for hydroxylation is 4. The summed E-state index contributed by atoms with van der Waals surface area (Å²) in [5.74, 6) is 4.00. The molecule has 7 heteroatoms. The van der Waals surface area contributed by atoms with Crippen LogP contribution in [0.3, 0.4) is 0 Å². The van der Waals surface area contributed by atoms with E-state index in [1.165, 1.54) is 12.7 Å². The van der Waals surface area contributed by atoms with Gasteiger partial charge in [0.05, 0.1) is 35.5 Å². The molecule has 4 rings (SSSR count). The summed E-state index contributed by atoms with van der Waals surface area (Å²) in [5, 5.41) is 10.8. The lowest BCUT2D eigenvalue weighted by Crippen LogP contribution is -2.00. The van der Waals surface area contributed by atoms with E-state index in [0.717, 1.165) is 47.5 Å². The highest BCUT2D eigenvalue weighted by Gasteiger charge is 2.18. The van der Waals surface area contributed by atoms with Gasteiger partial charge in [0.25, 0.3) is 0 Å². The Morgan fingerprint density at radius 2 is 1.20 bits per heavy atom. The van der Waals surface area contributed by atoms with Crippen LogP contribution in [0, 0.1) is 0 Å². The highest BCUT2D eigenvalue weighted by atomic mass is 16.5. The lowest BCUT2D eigenvalue weighted by atomic mass is 10.0. The zero-order chi connectivity index (χ0) is 28.5. The molecule has 0 radical (unpaired) electrons. The van der Waals surface area contributed by atoms with E-state index in [4.69, 9.17) is 28.4 Å². The molecule has 0 aliphatic heterocycles. The molecule has 0 spiro atoms. The van der Waals surface area contributed by atoms with E-state index in [0.29, 0.717) is 29.4 Å². The van der Waals surface area contributed by atoms with Crippen molar-refractivity contribution < 1.29 is 33.5 Å². The highest BCUT2D eigenvalue weighted by molar-refractivity contribution is 5.58. The largest absolute Gasteiger partial charge is 0.504 e. The van der Waals surface area contributed by atoms with Crippen LogP contribution in [0.5, 0.6) is 46.0 Å². The smallest absolute Gasteiger partial charge is 0.203 e. The first-order valence-corrected chi connectivity index (χ1v) is 13.1. The van der Waals surface area contributed by atoms with Crippen LogP contribution in [-0.2, 0) is 25.7 Å². The first-order valence-electron chi connectivity index (χ1n) is 13.1. The number of benzene rings is 4. The molecule has 40 heavy (non-hydrogen) atoms. The molecule has 0 atom stereocenters. The number of aromatic hydroxyl groups is 1. The van der Waals surface area contributed by atoms with Gasteiger partial charge >= 0.3 is 0 Å². The molecule has 0 aliphatic rings. The fourth-order valence-electron chi connectivity index (χ4n) is 4.58. The van der Waals surface area contributed by atoms with E-state index in [1.54, 1.807) is 34.5 Å². The maximum atomic E-state index is 10.8. The summed E-state index contributed by atoms with van der Waals surface area (Å²) < 4.78 is 33.8. The summed E-state index contributed by atoms with van der Waals surface area (Å²) in [5.41, 5.74) is 4.18. The number of hydrogen-bond donors (Lipinski definition) is 1. The average molecular weight is 545 g/mol. The van der Waals surface area contributed by atoms with Crippen LogP contribution in [0.2, 0.25) is 0 Å². The van der Waals surface area contributed by atoms with E-state index < -0.39 is 0 Å². The number of methoxy groups -OCH3 is 5. The molecular weight excluding hydrogens is 508 g/mol. The molecule has 0 heterocycles. The minimum Gasteiger partial charge on any atom is -0.504 e. The number of ether oxygens (including phenoxy) is 6. The summed E-state index contributed by atoms with van der Waals surface area (Å²) in [7, 11) is 8.03. The molecule has 0 aliphatic carbocycles. The number of hydrogen-bond acceptors (Lipinski definition) is 7. The monoisotopic (exact) mass is 544 g/mol. The summed E-state index contributed by atoms with van der Waals surface area (Å²) in [6.45, 7) is 0. The second kappa shape index (κ2) is 13.5. The van der Waals surface area contributed by atoms with E-state index in [-0.39, 0.29) is 11.5 Å². The SMILES string of the molecule is COc1ccc(CCc2cc(Oc3cc(CCc4cccc(OC)c4)cc(O)c3OC)c(OC)cc2OC)cc1. The van der Waals surface area contributed by atoms with Gasteiger partial charge in [0.15, 0.2) is 23.0 Å². The van der Waals surface area contributed by atoms with Crippen molar-refractivity contribution in [2.75, 3.05) is 35.5 Å². The molecule has 1 N–H and O–H groups in total. The predicted molar refractivity (Wildman–Crippen MR) is 155 cm³/mol. The Kier molecular flexibility index (Phi) is 9.62. The van der Waals surface area contributed by atoms with Crippen LogP contribution in [0.4, 0.5) is 0 Å². The van der Waals surface area contributed by atoms with Gasteiger partial charge < -0.3 is 33.5 Å². The van der Waals surface area contributed by atoms with Gasteiger partial charge in [-0.25, -0.2) is 0 Å². The summed E-state index contributed by atoms with van der Waals surface area (Å²) in [6.07, 6.45) is 2.98. The molecule has 7 nitrogen and oxygen atoms in total. The average Bonchev–Trinajstić information content (AvgIpc) is 2.99. The third kappa shape index (κ3) is 6.91. The predicted octanol–water partition coefficient (Wildman–Crippen LogP) is 6.80. The zero-order valence-corrected chi connectivity index (χ0v) is 23.7. The first-order chi connectivity index (χ1) is 19.5. The van der Waals surface area contributed by atoms with Crippen LogP contribution in [0.25, 0.3) is 0 Å². The Labute approximate surface area is 235 Å². The van der Waals surface area contributed by atoms with Gasteiger partial charge in [-0.15, -0.1) is 0 Å². The van der Waals surface area contributed by atoms with Crippen molar-refractivity contribution in [3.05, 3.63) is 95.1 Å². The van der Waals surface area contributed by atoms with Crippen molar-refractivity contribution in [1.82, 2.24) is 0 Å². The Morgan fingerprint density at radius 1 is 0.500 bits per heavy atom. The van der Waals surface area contributed by atoms with Gasteiger partial charge in [-0.3, -0.25) is 0 Å². The maximum Gasteiger partial charge on any atom is 0.203 e. The minimum atomic E-state index is 0.00727. The quantitative estimate of drug-likeness (QED) is 0.198. The zero-order valence-electron chi connectivity index (χ0n) is 23.7. The molecule has 0 saturated heterocycles. The normalized spacial score (nSPS) is 10.6. The molecule has 4 aromatic carbocycles. The lowest BCUT2D eigenvalue weighted by Gasteiger charge is -2.18. The standard InChI is InChI=1S/C33H36O7/c1-35-26-15-12-22(13-16-26)11-14-25-20-31(30(38-4)21-29(25)37-3)40-32-19-24(18-28(34)33(32)39-5)10-9-23-7-6-8-27(17-23)36-2/h6-8,12-13,15-21,34H,9-11,14H2,1-5H3. The molecule has 0 amide bonds. The van der Waals surface area contributed by atoms with Crippen molar-refractivity contribution in [3.63, 3.8) is 0 Å². The van der Waals surface area contributed by atoms with Gasteiger partial charge in [-0.2, -0.15) is 0 Å². The third-order valence-corrected chi connectivity index (χ3v) is 6.76. The lowest BCUT2D eigenvalue weighted by molar-refractivity contribution is 0.335. The summed E-state index contributed by atoms with van der Waals surface area (Å²) in [4.78, 5) is 0. The molecular formula is C33H36O7. The Balaban J connectivity index is 1.59. The number of phenols is 1. The Bertz CT molecular complexity index is 1410. The fraction of sp³-hybridized carbons (Fsp3) is 0.273. The Hall–Kier alpha value is -4.52. The van der Waals surface area contributed by atoms with E-state index in [1.807, 2.05) is 48.5 Å². The molecule has 4 aromatic rings. The Morgan fingerprint density at radius 3 is 1.88 bits per heavy atom. The maximum absolute atomic E-state index is 10.8. The topological polar surface area (TPSA) is 75.6 Å². The molecule has 0 fully saturated rings. The van der Waals surface area contributed by atoms with Gasteiger partial charge in [-0.05, 0) is 90.4 Å². The number of rotatable bonds is 13. The fourth-order valence-corrected chi connectivity index (χ4v) is 4.58. The van der Waals surface area contributed by atoms with Crippen LogP contribution < -0.4 is 28.4 Å². The first kappa shape index (κ1) is 28.5. The van der Waals surface area contributed by atoms with Crippen molar-refractivity contribution in [3.8, 4) is 46.0 Å². The van der Waals surface area contributed by atoms with Gasteiger partial charge in [-0.1, -0.05) is 24.3 Å². The van der Waals surface area contributed by atoms with E-state index in [2.05, 4.69) is 18.2 Å². The highest BCUT2D eigenvalue weighted by Crippen LogP contribution is 2.44. The third-order valence-electron chi connectivity index (χ3n) is 6.76. The molecule has 0 bridgehead atoms. The van der Waals surface area contributed by atoms with Gasteiger partial charge in [0.1, 0.15) is 17.2 Å². The van der Waals surface area contributed by atoms with Crippen molar-refractivity contribution >= 4 is 0 Å². The summed E-state index contributed by atoms with van der Waals surface area (Å²) >= 11 is 0. The molecule has 210 valence electrons. The van der Waals surface area contributed by atoms with Crippen LogP contribution in [-0.4, -0.2) is 40.7 Å². The van der Waals surface area contributed by atoms with Crippen LogP contribution >= 0.6 is 0 Å². The van der Waals surface area contributed by atoms with Crippen molar-refractivity contribution in [2.24, 2.45) is 0 Å². The van der Waals surface area contributed by atoms with E-state index in [9.17, 15) is 5.11 Å². The minimum absolute atomic E-state index is 0.00727. The van der Waals surface area contributed by atoms with E-state index >= 15 is 0 Å². The van der Waals surface area contributed by atoms with Gasteiger partial charge in [0.2, 0.25) is 5.75 Å².